The summed E-state index contributed by atoms with van der Waals surface area (Å²) in [6.45, 7) is 0. The van der Waals surface area contributed by atoms with Crippen LogP contribution in [0.25, 0.3) is 0 Å². The van der Waals surface area contributed by atoms with Crippen LogP contribution in [0, 0.1) is 11.3 Å². The minimum Gasteiger partial charge on any atom is -0.298 e. The van der Waals surface area contributed by atoms with Gasteiger partial charge in [-0.3, -0.25) is 4.79 Å². The van der Waals surface area contributed by atoms with Crippen molar-refractivity contribution in [2.24, 2.45) is 0 Å². The van der Waals surface area contributed by atoms with Gasteiger partial charge in [0.2, 0.25) is 0 Å². The highest BCUT2D eigenvalue weighted by Gasteiger charge is 2.18. The van der Waals surface area contributed by atoms with Crippen molar-refractivity contribution in [3.63, 3.8) is 0 Å². The summed E-state index contributed by atoms with van der Waals surface area (Å²) in [5.74, 6) is 0. The zero-order chi connectivity index (χ0) is 10.7. The number of hydrogen-bond donors (Lipinski definition) is 0. The molecule has 0 saturated heterocycles. The van der Waals surface area contributed by atoms with E-state index in [0.717, 1.165) is 6.07 Å². The normalized spacial score (nSPS) is 9.93. The quantitative estimate of drug-likeness (QED) is 0.607. The first kappa shape index (κ1) is 10.7. The number of pyridine rings is 1. The summed E-state index contributed by atoms with van der Waals surface area (Å²) in [5, 5.41) is 8.47. The van der Waals surface area contributed by atoms with Gasteiger partial charge in [-0.2, -0.15) is 5.26 Å². The molecule has 0 aromatic carbocycles. The van der Waals surface area contributed by atoms with Crippen molar-refractivity contribution in [2.45, 2.75) is 6.43 Å². The minimum atomic E-state index is -2.80. The van der Waals surface area contributed by atoms with Crippen molar-refractivity contribution < 1.29 is 13.6 Å². The van der Waals surface area contributed by atoms with Crippen LogP contribution in [0.4, 0.5) is 8.78 Å². The predicted octanol–water partition coefficient (Wildman–Crippen LogP) is 2.47. The number of carbonyl (C=O) groups excluding carboxylic acids is 1. The molecule has 1 aromatic rings. The SMILES string of the molecule is N#Cc1cc(C=O)c(C(F)F)c(Br)n1. The van der Waals surface area contributed by atoms with Crippen LogP contribution in [0.3, 0.4) is 0 Å². The van der Waals surface area contributed by atoms with E-state index in [2.05, 4.69) is 20.9 Å². The van der Waals surface area contributed by atoms with Crippen LogP contribution in [0.5, 0.6) is 0 Å². The molecule has 0 aliphatic rings. The molecule has 1 rings (SSSR count). The molecule has 0 aliphatic carbocycles. The zero-order valence-electron chi connectivity index (χ0n) is 6.67. The van der Waals surface area contributed by atoms with Gasteiger partial charge in [0.05, 0.1) is 5.56 Å². The van der Waals surface area contributed by atoms with E-state index in [0.29, 0.717) is 0 Å². The molecule has 0 spiro atoms. The number of halogens is 3. The lowest BCUT2D eigenvalue weighted by Crippen LogP contribution is -1.99. The Morgan fingerprint density at radius 2 is 2.29 bits per heavy atom. The summed E-state index contributed by atoms with van der Waals surface area (Å²) < 4.78 is 24.6. The molecule has 1 heterocycles. The molecule has 0 saturated carbocycles. The van der Waals surface area contributed by atoms with Crippen molar-refractivity contribution in [3.05, 3.63) is 27.5 Å². The maximum atomic E-state index is 12.4. The minimum absolute atomic E-state index is 0.0802. The summed E-state index contributed by atoms with van der Waals surface area (Å²) in [4.78, 5) is 14.0. The average Bonchev–Trinajstić information content (AvgIpc) is 2.15. The molecule has 1 aromatic heterocycles. The number of aromatic nitrogens is 1. The molecule has 0 radical (unpaired) electrons. The van der Waals surface area contributed by atoms with E-state index >= 15 is 0 Å². The smallest absolute Gasteiger partial charge is 0.267 e. The molecule has 0 N–H and O–H groups in total. The van der Waals surface area contributed by atoms with Crippen molar-refractivity contribution in [1.82, 2.24) is 4.98 Å². The second kappa shape index (κ2) is 4.24. The van der Waals surface area contributed by atoms with Gasteiger partial charge in [0.1, 0.15) is 16.4 Å². The van der Waals surface area contributed by atoms with Crippen LogP contribution in [0.1, 0.15) is 28.0 Å². The molecule has 0 unspecified atom stereocenters. The highest BCUT2D eigenvalue weighted by atomic mass is 79.9. The third-order valence-corrected chi connectivity index (χ3v) is 2.11. The van der Waals surface area contributed by atoms with Gasteiger partial charge in [0.15, 0.2) is 6.29 Å². The highest BCUT2D eigenvalue weighted by molar-refractivity contribution is 9.10. The van der Waals surface area contributed by atoms with Gasteiger partial charge in [0.25, 0.3) is 6.43 Å². The van der Waals surface area contributed by atoms with Crippen LogP contribution in [-0.2, 0) is 0 Å². The fourth-order valence-corrected chi connectivity index (χ4v) is 1.51. The topological polar surface area (TPSA) is 53.8 Å². The molecular weight excluding hydrogens is 258 g/mol. The van der Waals surface area contributed by atoms with Gasteiger partial charge in [-0.25, -0.2) is 13.8 Å². The standard InChI is InChI=1S/C8H3BrF2N2O/c9-7-6(8(10)11)4(3-14)1-5(2-12)13-7/h1,3,8H. The van der Waals surface area contributed by atoms with Crippen molar-refractivity contribution >= 4 is 22.2 Å². The Labute approximate surface area is 86.5 Å². The lowest BCUT2D eigenvalue weighted by molar-refractivity contribution is 0.110. The summed E-state index contributed by atoms with van der Waals surface area (Å²) in [7, 11) is 0. The number of alkyl halides is 2. The fourth-order valence-electron chi connectivity index (χ4n) is 0.913. The Morgan fingerprint density at radius 3 is 2.71 bits per heavy atom. The summed E-state index contributed by atoms with van der Waals surface area (Å²) in [6, 6.07) is 2.69. The maximum Gasteiger partial charge on any atom is 0.267 e. The lowest BCUT2D eigenvalue weighted by Gasteiger charge is -2.05. The number of nitrogens with zero attached hydrogens (tertiary/aromatic N) is 2. The first-order chi connectivity index (χ1) is 6.60. The van der Waals surface area contributed by atoms with E-state index in [1.54, 1.807) is 6.07 Å². The Kier molecular flexibility index (Phi) is 3.25. The average molecular weight is 261 g/mol. The monoisotopic (exact) mass is 260 g/mol. The third kappa shape index (κ3) is 1.93. The van der Waals surface area contributed by atoms with Crippen molar-refractivity contribution in [3.8, 4) is 6.07 Å². The molecule has 14 heavy (non-hydrogen) atoms. The second-order valence-electron chi connectivity index (χ2n) is 2.33. The van der Waals surface area contributed by atoms with E-state index in [9.17, 15) is 13.6 Å². The first-order valence-corrected chi connectivity index (χ1v) is 4.23. The zero-order valence-corrected chi connectivity index (χ0v) is 8.25. The maximum absolute atomic E-state index is 12.4. The van der Waals surface area contributed by atoms with Gasteiger partial charge >= 0.3 is 0 Å². The molecule has 0 aliphatic heterocycles. The summed E-state index contributed by atoms with van der Waals surface area (Å²) in [6.07, 6.45) is -2.53. The number of carbonyl (C=O) groups is 1. The number of nitriles is 1. The Bertz CT molecular complexity index is 415. The summed E-state index contributed by atoms with van der Waals surface area (Å²) in [5.41, 5.74) is -0.791. The fraction of sp³-hybridized carbons (Fsp3) is 0.125. The van der Waals surface area contributed by atoms with E-state index in [1.807, 2.05) is 0 Å². The Balaban J connectivity index is 3.44. The van der Waals surface area contributed by atoms with Gasteiger partial charge in [0, 0.05) is 5.56 Å². The van der Waals surface area contributed by atoms with Crippen LogP contribution in [0.2, 0.25) is 0 Å². The van der Waals surface area contributed by atoms with Crippen LogP contribution < -0.4 is 0 Å². The van der Waals surface area contributed by atoms with E-state index in [-0.39, 0.29) is 22.1 Å². The van der Waals surface area contributed by atoms with Gasteiger partial charge in [-0.15, -0.1) is 0 Å². The van der Waals surface area contributed by atoms with Crippen LogP contribution in [0.15, 0.2) is 10.7 Å². The second-order valence-corrected chi connectivity index (χ2v) is 3.08. The molecule has 0 fully saturated rings. The lowest BCUT2D eigenvalue weighted by atomic mass is 10.1. The molecule has 0 atom stereocenters. The van der Waals surface area contributed by atoms with Crippen molar-refractivity contribution in [1.29, 1.82) is 5.26 Å². The van der Waals surface area contributed by atoms with Gasteiger partial charge in [-0.1, -0.05) is 0 Å². The molecule has 72 valence electrons. The first-order valence-electron chi connectivity index (χ1n) is 3.44. The Hall–Kier alpha value is -1.35. The van der Waals surface area contributed by atoms with E-state index in [1.165, 1.54) is 0 Å². The van der Waals surface area contributed by atoms with Crippen LogP contribution >= 0.6 is 15.9 Å². The molecule has 3 nitrogen and oxygen atoms in total. The molecular formula is C8H3BrF2N2O. The predicted molar refractivity (Wildman–Crippen MR) is 47.0 cm³/mol. The van der Waals surface area contributed by atoms with Gasteiger partial charge < -0.3 is 0 Å². The summed E-state index contributed by atoms with van der Waals surface area (Å²) >= 11 is 2.78. The largest absolute Gasteiger partial charge is 0.298 e. The van der Waals surface area contributed by atoms with Crippen molar-refractivity contribution in [2.75, 3.05) is 0 Å². The number of hydrogen-bond acceptors (Lipinski definition) is 3. The van der Waals surface area contributed by atoms with E-state index in [4.69, 9.17) is 5.26 Å². The van der Waals surface area contributed by atoms with Crippen LogP contribution in [-0.4, -0.2) is 11.3 Å². The van der Waals surface area contributed by atoms with E-state index < -0.39 is 12.0 Å². The molecule has 0 bridgehead atoms. The third-order valence-electron chi connectivity index (χ3n) is 1.50. The number of aldehydes is 1. The molecule has 0 amide bonds. The Morgan fingerprint density at radius 1 is 1.64 bits per heavy atom. The molecule has 6 heteroatoms. The number of rotatable bonds is 2. The highest BCUT2D eigenvalue weighted by Crippen LogP contribution is 2.28. The van der Waals surface area contributed by atoms with Gasteiger partial charge in [-0.05, 0) is 22.0 Å².